The lowest BCUT2D eigenvalue weighted by Gasteiger charge is -2.15. The third-order valence-corrected chi connectivity index (χ3v) is 5.18. The van der Waals surface area contributed by atoms with Crippen molar-refractivity contribution in [2.24, 2.45) is 4.99 Å². The first-order valence-corrected chi connectivity index (χ1v) is 9.27. The SMILES string of the molecule is CCc1cnc(CCNC(=NC)NCc2ncc(C)c(OC)c2C)s1.I. The molecule has 6 nitrogen and oxygen atoms in total. The number of halogens is 1. The molecule has 26 heavy (non-hydrogen) atoms. The summed E-state index contributed by atoms with van der Waals surface area (Å²) in [6.45, 7) is 7.57. The largest absolute Gasteiger partial charge is 0.496 e. The summed E-state index contributed by atoms with van der Waals surface area (Å²) in [5.41, 5.74) is 3.05. The molecule has 2 rings (SSSR count). The van der Waals surface area contributed by atoms with Crippen LogP contribution in [0, 0.1) is 13.8 Å². The van der Waals surface area contributed by atoms with Crippen LogP contribution in [0.1, 0.15) is 33.6 Å². The highest BCUT2D eigenvalue weighted by atomic mass is 127. The van der Waals surface area contributed by atoms with Crippen molar-refractivity contribution in [1.82, 2.24) is 20.6 Å². The molecule has 0 saturated carbocycles. The number of guanidine groups is 1. The molecule has 0 aliphatic rings. The summed E-state index contributed by atoms with van der Waals surface area (Å²) < 4.78 is 5.46. The molecule has 8 heteroatoms. The lowest BCUT2D eigenvalue weighted by atomic mass is 10.1. The van der Waals surface area contributed by atoms with Crippen LogP contribution < -0.4 is 15.4 Å². The number of ether oxygens (including phenoxy) is 1. The van der Waals surface area contributed by atoms with Gasteiger partial charge in [-0.05, 0) is 20.3 Å². The Hall–Kier alpha value is -1.42. The van der Waals surface area contributed by atoms with E-state index in [4.69, 9.17) is 4.74 Å². The molecule has 0 radical (unpaired) electrons. The summed E-state index contributed by atoms with van der Waals surface area (Å²) in [4.78, 5) is 14.5. The number of aryl methyl sites for hydroxylation is 2. The lowest BCUT2D eigenvalue weighted by Crippen LogP contribution is -2.38. The molecule has 0 unspecified atom stereocenters. The van der Waals surface area contributed by atoms with E-state index < -0.39 is 0 Å². The quantitative estimate of drug-likeness (QED) is 0.355. The van der Waals surface area contributed by atoms with Gasteiger partial charge in [0.15, 0.2) is 5.96 Å². The Morgan fingerprint density at radius 2 is 2.00 bits per heavy atom. The van der Waals surface area contributed by atoms with Crippen LogP contribution in [0.3, 0.4) is 0 Å². The molecule has 0 spiro atoms. The maximum atomic E-state index is 5.46. The fourth-order valence-electron chi connectivity index (χ4n) is 2.55. The monoisotopic (exact) mass is 489 g/mol. The van der Waals surface area contributed by atoms with E-state index in [0.29, 0.717) is 6.54 Å². The van der Waals surface area contributed by atoms with Crippen molar-refractivity contribution in [3.8, 4) is 5.75 Å². The van der Waals surface area contributed by atoms with Gasteiger partial charge in [-0.2, -0.15) is 0 Å². The normalized spacial score (nSPS) is 11.0. The Balaban J connectivity index is 0.00000338. The van der Waals surface area contributed by atoms with Crippen LogP contribution in [-0.4, -0.2) is 36.6 Å². The number of pyridine rings is 1. The smallest absolute Gasteiger partial charge is 0.191 e. The van der Waals surface area contributed by atoms with Gasteiger partial charge in [0, 0.05) is 48.4 Å². The van der Waals surface area contributed by atoms with Gasteiger partial charge in [-0.1, -0.05) is 6.92 Å². The van der Waals surface area contributed by atoms with Crippen molar-refractivity contribution < 1.29 is 4.74 Å². The number of aliphatic imine (C=N–C) groups is 1. The van der Waals surface area contributed by atoms with Crippen molar-refractivity contribution in [1.29, 1.82) is 0 Å². The molecule has 144 valence electrons. The predicted octanol–water partition coefficient (Wildman–Crippen LogP) is 3.25. The van der Waals surface area contributed by atoms with E-state index in [1.54, 1.807) is 25.5 Å². The molecule has 0 fully saturated rings. The molecule has 0 aliphatic carbocycles. The highest BCUT2D eigenvalue weighted by Gasteiger charge is 2.10. The maximum Gasteiger partial charge on any atom is 0.191 e. The minimum atomic E-state index is 0. The van der Waals surface area contributed by atoms with E-state index in [1.165, 1.54) is 4.88 Å². The molecule has 0 bridgehead atoms. The van der Waals surface area contributed by atoms with Crippen LogP contribution in [0.15, 0.2) is 17.4 Å². The van der Waals surface area contributed by atoms with Gasteiger partial charge >= 0.3 is 0 Å². The van der Waals surface area contributed by atoms with Crippen LogP contribution >= 0.6 is 35.3 Å². The van der Waals surface area contributed by atoms with Crippen molar-refractivity contribution in [2.45, 2.75) is 40.2 Å². The van der Waals surface area contributed by atoms with Crippen LogP contribution in [0.4, 0.5) is 0 Å². The Bertz CT molecular complexity index is 732. The lowest BCUT2D eigenvalue weighted by molar-refractivity contribution is 0.406. The van der Waals surface area contributed by atoms with E-state index in [0.717, 1.165) is 52.9 Å². The third-order valence-electron chi connectivity index (χ3n) is 3.98. The minimum absolute atomic E-state index is 0. The number of nitrogens with zero attached hydrogens (tertiary/aromatic N) is 3. The van der Waals surface area contributed by atoms with Crippen molar-refractivity contribution in [3.05, 3.63) is 39.1 Å². The standard InChI is InChI=1S/C18H27N5OS.HI/c1-6-14-10-22-16(25-14)7-8-20-18(19-4)23-11-15-13(3)17(24-5)12(2)9-21-15;/h9-10H,6-8,11H2,1-5H3,(H2,19,20,23);1H. The summed E-state index contributed by atoms with van der Waals surface area (Å²) in [5, 5.41) is 7.78. The van der Waals surface area contributed by atoms with Gasteiger partial charge in [0.2, 0.25) is 0 Å². The summed E-state index contributed by atoms with van der Waals surface area (Å²) in [5.74, 6) is 1.65. The second kappa shape index (κ2) is 11.3. The van der Waals surface area contributed by atoms with Crippen LogP contribution in [0.25, 0.3) is 0 Å². The number of hydrogen-bond acceptors (Lipinski definition) is 5. The number of hydrogen-bond donors (Lipinski definition) is 2. The molecule has 0 amide bonds. The zero-order chi connectivity index (χ0) is 18.2. The topological polar surface area (TPSA) is 71.4 Å². The maximum absolute atomic E-state index is 5.46. The van der Waals surface area contributed by atoms with E-state index >= 15 is 0 Å². The predicted molar refractivity (Wildman–Crippen MR) is 119 cm³/mol. The van der Waals surface area contributed by atoms with Crippen LogP contribution in [0.5, 0.6) is 5.75 Å². The second-order valence-corrected chi connectivity index (χ2v) is 6.92. The Labute approximate surface area is 176 Å². The first kappa shape index (κ1) is 22.6. The van der Waals surface area contributed by atoms with E-state index in [1.807, 2.05) is 26.2 Å². The Morgan fingerprint density at radius 3 is 2.62 bits per heavy atom. The average molecular weight is 489 g/mol. The fraction of sp³-hybridized carbons (Fsp3) is 0.500. The van der Waals surface area contributed by atoms with Gasteiger partial charge in [-0.25, -0.2) is 4.98 Å². The second-order valence-electron chi connectivity index (χ2n) is 5.72. The molecule has 0 atom stereocenters. The molecule has 0 aliphatic heterocycles. The minimum Gasteiger partial charge on any atom is -0.496 e. The number of methoxy groups -OCH3 is 1. The molecular weight excluding hydrogens is 461 g/mol. The average Bonchev–Trinajstić information content (AvgIpc) is 3.07. The Kier molecular flexibility index (Phi) is 9.85. The zero-order valence-electron chi connectivity index (χ0n) is 16.0. The fourth-order valence-corrected chi connectivity index (χ4v) is 3.41. The zero-order valence-corrected chi connectivity index (χ0v) is 19.2. The highest BCUT2D eigenvalue weighted by Crippen LogP contribution is 2.23. The van der Waals surface area contributed by atoms with E-state index in [9.17, 15) is 0 Å². The van der Waals surface area contributed by atoms with Gasteiger partial charge in [0.1, 0.15) is 5.75 Å². The van der Waals surface area contributed by atoms with Crippen molar-refractivity contribution >= 4 is 41.3 Å². The first-order valence-electron chi connectivity index (χ1n) is 8.46. The summed E-state index contributed by atoms with van der Waals surface area (Å²) in [7, 11) is 3.46. The number of rotatable bonds is 7. The van der Waals surface area contributed by atoms with E-state index in [2.05, 4.69) is 32.5 Å². The van der Waals surface area contributed by atoms with Gasteiger partial charge in [-0.3, -0.25) is 9.98 Å². The first-order chi connectivity index (χ1) is 12.1. The third kappa shape index (κ3) is 6.08. The summed E-state index contributed by atoms with van der Waals surface area (Å²) >= 11 is 1.77. The Morgan fingerprint density at radius 1 is 1.23 bits per heavy atom. The van der Waals surface area contributed by atoms with E-state index in [-0.39, 0.29) is 24.0 Å². The number of thiazole rings is 1. The molecule has 2 aromatic heterocycles. The van der Waals surface area contributed by atoms with Gasteiger partial charge < -0.3 is 15.4 Å². The van der Waals surface area contributed by atoms with Gasteiger partial charge in [0.25, 0.3) is 0 Å². The summed E-state index contributed by atoms with van der Waals surface area (Å²) in [6, 6.07) is 0. The molecule has 2 N–H and O–H groups in total. The van der Waals surface area contributed by atoms with Crippen LogP contribution in [-0.2, 0) is 19.4 Å². The molecule has 2 heterocycles. The molecule has 0 saturated heterocycles. The van der Waals surface area contributed by atoms with Crippen molar-refractivity contribution in [3.63, 3.8) is 0 Å². The number of nitrogens with one attached hydrogen (secondary N) is 2. The van der Waals surface area contributed by atoms with Crippen LogP contribution in [0.2, 0.25) is 0 Å². The molecule has 2 aromatic rings. The highest BCUT2D eigenvalue weighted by molar-refractivity contribution is 14.0. The molecule has 0 aromatic carbocycles. The summed E-state index contributed by atoms with van der Waals surface area (Å²) in [6.07, 6.45) is 5.74. The number of aromatic nitrogens is 2. The van der Waals surface area contributed by atoms with Crippen molar-refractivity contribution in [2.75, 3.05) is 20.7 Å². The van der Waals surface area contributed by atoms with Gasteiger partial charge in [0.05, 0.1) is 24.4 Å². The van der Waals surface area contributed by atoms with Gasteiger partial charge in [-0.15, -0.1) is 35.3 Å². The molecular formula is C18H28IN5OS.